The number of rotatable bonds is 12. The summed E-state index contributed by atoms with van der Waals surface area (Å²) in [6, 6.07) is 20.3. The van der Waals surface area contributed by atoms with E-state index in [1.54, 1.807) is 18.2 Å². The standard InChI is InChI=1S/C28H30ClN3O6S2/c1-17(33)27(35)32-40(37,38)25-10-6-5-9-22(25)21-12-11-19(15-24(21)29)14-23(26(30)34)28(36)31-16-20(39)13-18-7-3-2-4-8-18/h2-12,15,17,20,23,33,39H,13-14,16H2,1H3,(H2,30,34)(H,31,36)(H,32,35)/t17-,20-,23?/m0/s1. The second-order valence-electron chi connectivity index (χ2n) is 9.20. The summed E-state index contributed by atoms with van der Waals surface area (Å²) in [6.07, 6.45) is -0.924. The fourth-order valence-corrected chi connectivity index (χ4v) is 5.84. The number of sulfonamides is 1. The Kier molecular flexibility index (Phi) is 10.7. The predicted molar refractivity (Wildman–Crippen MR) is 156 cm³/mol. The molecule has 40 heavy (non-hydrogen) atoms. The number of carbonyl (C=O) groups is 3. The smallest absolute Gasteiger partial charge is 0.264 e. The summed E-state index contributed by atoms with van der Waals surface area (Å²) in [5, 5.41) is 12.1. The first-order chi connectivity index (χ1) is 18.9. The van der Waals surface area contributed by atoms with Crippen LogP contribution in [0.3, 0.4) is 0 Å². The molecular weight excluding hydrogens is 574 g/mol. The first-order valence-electron chi connectivity index (χ1n) is 12.3. The second kappa shape index (κ2) is 13.8. The number of aliphatic hydroxyl groups excluding tert-OH is 1. The van der Waals surface area contributed by atoms with Crippen LogP contribution in [0, 0.1) is 5.92 Å². The third-order valence-electron chi connectivity index (χ3n) is 6.04. The van der Waals surface area contributed by atoms with E-state index in [-0.39, 0.29) is 33.7 Å². The highest BCUT2D eigenvalue weighted by Crippen LogP contribution is 2.34. The molecule has 212 valence electrons. The van der Waals surface area contributed by atoms with E-state index in [2.05, 4.69) is 17.9 Å². The lowest BCUT2D eigenvalue weighted by molar-refractivity contribution is -0.133. The highest BCUT2D eigenvalue weighted by atomic mass is 35.5. The minimum absolute atomic E-state index is 0.0263. The van der Waals surface area contributed by atoms with E-state index in [0.717, 1.165) is 12.5 Å². The zero-order valence-electron chi connectivity index (χ0n) is 21.6. The van der Waals surface area contributed by atoms with Gasteiger partial charge in [0.2, 0.25) is 11.8 Å². The molecule has 3 aromatic rings. The van der Waals surface area contributed by atoms with Crippen LogP contribution in [-0.4, -0.2) is 49.1 Å². The Labute approximate surface area is 243 Å². The van der Waals surface area contributed by atoms with Gasteiger partial charge in [0.15, 0.2) is 0 Å². The predicted octanol–water partition coefficient (Wildman–Crippen LogP) is 2.49. The molecule has 0 aromatic heterocycles. The normalized spacial score (nSPS) is 13.6. The van der Waals surface area contributed by atoms with Crippen LogP contribution in [0.4, 0.5) is 0 Å². The molecule has 0 saturated heterocycles. The molecule has 3 atom stereocenters. The van der Waals surface area contributed by atoms with Gasteiger partial charge in [-0.1, -0.05) is 72.3 Å². The minimum Gasteiger partial charge on any atom is -0.384 e. The van der Waals surface area contributed by atoms with Crippen LogP contribution in [0.2, 0.25) is 5.02 Å². The van der Waals surface area contributed by atoms with Crippen molar-refractivity contribution in [1.29, 1.82) is 0 Å². The lowest BCUT2D eigenvalue weighted by atomic mass is 9.95. The molecule has 3 aromatic carbocycles. The number of nitrogens with two attached hydrogens (primary N) is 1. The molecule has 0 aliphatic carbocycles. The molecule has 0 saturated carbocycles. The van der Waals surface area contributed by atoms with Gasteiger partial charge in [-0.15, -0.1) is 0 Å². The highest BCUT2D eigenvalue weighted by molar-refractivity contribution is 7.90. The van der Waals surface area contributed by atoms with Gasteiger partial charge in [0.25, 0.3) is 15.9 Å². The Morgan fingerprint density at radius 2 is 1.57 bits per heavy atom. The summed E-state index contributed by atoms with van der Waals surface area (Å²) in [7, 11) is -4.32. The van der Waals surface area contributed by atoms with Crippen molar-refractivity contribution >= 4 is 52.0 Å². The number of thiol groups is 1. The first kappa shape index (κ1) is 31.2. The molecule has 12 heteroatoms. The number of carbonyl (C=O) groups excluding carboxylic acids is 3. The van der Waals surface area contributed by atoms with Crippen molar-refractivity contribution in [2.24, 2.45) is 11.7 Å². The third-order valence-corrected chi connectivity index (χ3v) is 8.12. The number of aliphatic hydroxyl groups is 1. The Morgan fingerprint density at radius 3 is 2.20 bits per heavy atom. The van der Waals surface area contributed by atoms with Gasteiger partial charge in [0, 0.05) is 27.9 Å². The van der Waals surface area contributed by atoms with Gasteiger partial charge in [-0.05, 0) is 43.0 Å². The first-order valence-corrected chi connectivity index (χ1v) is 14.7. The van der Waals surface area contributed by atoms with Crippen LogP contribution in [0.1, 0.15) is 18.1 Å². The number of halogens is 1. The van der Waals surface area contributed by atoms with Crippen molar-refractivity contribution in [3.8, 4) is 11.1 Å². The quantitative estimate of drug-likeness (QED) is 0.158. The Balaban J connectivity index is 1.75. The topological polar surface area (TPSA) is 156 Å². The molecule has 9 nitrogen and oxygen atoms in total. The maximum Gasteiger partial charge on any atom is 0.264 e. The molecule has 5 N–H and O–H groups in total. The molecule has 3 amide bonds. The summed E-state index contributed by atoms with van der Waals surface area (Å²) < 4.78 is 27.5. The van der Waals surface area contributed by atoms with E-state index in [9.17, 15) is 27.9 Å². The maximum atomic E-state index is 12.8. The molecule has 0 fully saturated rings. The van der Waals surface area contributed by atoms with Gasteiger partial charge in [0.1, 0.15) is 12.0 Å². The zero-order valence-corrected chi connectivity index (χ0v) is 24.0. The van der Waals surface area contributed by atoms with Crippen molar-refractivity contribution < 1.29 is 27.9 Å². The molecule has 0 spiro atoms. The van der Waals surface area contributed by atoms with Gasteiger partial charge in [-0.2, -0.15) is 12.6 Å². The van der Waals surface area contributed by atoms with Crippen molar-refractivity contribution in [1.82, 2.24) is 10.0 Å². The van der Waals surface area contributed by atoms with Gasteiger partial charge in [-0.25, -0.2) is 13.1 Å². The zero-order chi connectivity index (χ0) is 29.4. The highest BCUT2D eigenvalue weighted by Gasteiger charge is 2.27. The average Bonchev–Trinajstić information content (AvgIpc) is 2.90. The molecular formula is C28H30ClN3O6S2. The SMILES string of the molecule is C[C@H](O)C(=O)NS(=O)(=O)c1ccccc1-c1ccc(CC(C(N)=O)C(=O)NC[C@@H](S)Cc2ccccc2)cc1Cl. The lowest BCUT2D eigenvalue weighted by Gasteiger charge is -2.17. The van der Waals surface area contributed by atoms with Gasteiger partial charge >= 0.3 is 0 Å². The number of primary amides is 1. The van der Waals surface area contributed by atoms with E-state index in [0.29, 0.717) is 17.5 Å². The van der Waals surface area contributed by atoms with Crippen LogP contribution in [0.15, 0.2) is 77.7 Å². The number of hydrogen-bond donors (Lipinski definition) is 5. The van der Waals surface area contributed by atoms with Crippen LogP contribution < -0.4 is 15.8 Å². The fraction of sp³-hybridized carbons (Fsp3) is 0.250. The van der Waals surface area contributed by atoms with Gasteiger partial charge < -0.3 is 16.2 Å². The number of benzene rings is 3. The monoisotopic (exact) mass is 603 g/mol. The molecule has 0 bridgehead atoms. The van der Waals surface area contributed by atoms with Crippen LogP contribution >= 0.6 is 24.2 Å². The lowest BCUT2D eigenvalue weighted by Crippen LogP contribution is -2.42. The number of amides is 3. The average molecular weight is 604 g/mol. The van der Waals surface area contributed by atoms with E-state index < -0.39 is 39.8 Å². The third kappa shape index (κ3) is 8.31. The van der Waals surface area contributed by atoms with Crippen molar-refractivity contribution in [3.63, 3.8) is 0 Å². The molecule has 0 aliphatic rings. The van der Waals surface area contributed by atoms with Gasteiger partial charge in [0.05, 0.1) is 4.90 Å². The molecule has 1 unspecified atom stereocenters. The Hall–Kier alpha value is -3.38. The second-order valence-corrected chi connectivity index (χ2v) is 12.0. The summed E-state index contributed by atoms with van der Waals surface area (Å²) in [4.78, 5) is 36.6. The molecule has 0 aliphatic heterocycles. The number of nitrogens with one attached hydrogen (secondary N) is 2. The van der Waals surface area contributed by atoms with Crippen molar-refractivity contribution in [2.45, 2.75) is 36.0 Å². The van der Waals surface area contributed by atoms with Crippen molar-refractivity contribution in [2.75, 3.05) is 6.54 Å². The van der Waals surface area contributed by atoms with E-state index >= 15 is 0 Å². The number of hydrogen-bond acceptors (Lipinski definition) is 7. The summed E-state index contributed by atoms with van der Waals surface area (Å²) in [5.41, 5.74) is 7.69. The van der Waals surface area contributed by atoms with Crippen LogP contribution in [-0.2, 0) is 37.2 Å². The largest absolute Gasteiger partial charge is 0.384 e. The minimum atomic E-state index is -4.32. The summed E-state index contributed by atoms with van der Waals surface area (Å²) >= 11 is 11.0. The van der Waals surface area contributed by atoms with Crippen molar-refractivity contribution in [3.05, 3.63) is 88.9 Å². The van der Waals surface area contributed by atoms with E-state index in [1.165, 1.54) is 24.3 Å². The molecule has 0 radical (unpaired) electrons. The van der Waals surface area contributed by atoms with E-state index in [1.807, 2.05) is 35.1 Å². The van der Waals surface area contributed by atoms with Crippen LogP contribution in [0.25, 0.3) is 11.1 Å². The molecule has 3 rings (SSSR count). The molecule has 0 heterocycles. The van der Waals surface area contributed by atoms with Gasteiger partial charge in [-0.3, -0.25) is 14.4 Å². The summed E-state index contributed by atoms with van der Waals surface area (Å²) in [6.45, 7) is 1.38. The fourth-order valence-electron chi connectivity index (χ4n) is 3.96. The van der Waals surface area contributed by atoms with Crippen LogP contribution in [0.5, 0.6) is 0 Å². The Morgan fingerprint density at radius 1 is 0.925 bits per heavy atom. The van der Waals surface area contributed by atoms with E-state index in [4.69, 9.17) is 17.3 Å². The Bertz CT molecular complexity index is 1480. The summed E-state index contributed by atoms with van der Waals surface area (Å²) in [5.74, 6) is -3.58. The maximum absolute atomic E-state index is 12.8.